The predicted octanol–water partition coefficient (Wildman–Crippen LogP) is 5.22. The van der Waals surface area contributed by atoms with Gasteiger partial charge in [0, 0.05) is 18.7 Å². The summed E-state index contributed by atoms with van der Waals surface area (Å²) >= 11 is 6.04. The number of nitro benzene ring substituents is 1. The SMILES string of the molecule is CC(C)Oc1ccc(CNC(=O)c2ccccc2NC(=O)c2ccc([N+](=O)[O-])cc2Cl)cc1. The Bertz CT molecular complexity index is 1180. The monoisotopic (exact) mass is 467 g/mol. The molecule has 0 spiro atoms. The van der Waals surface area contributed by atoms with E-state index in [2.05, 4.69) is 10.6 Å². The maximum atomic E-state index is 12.8. The highest BCUT2D eigenvalue weighted by atomic mass is 35.5. The van der Waals surface area contributed by atoms with E-state index in [0.29, 0.717) is 0 Å². The first kappa shape index (κ1) is 23.7. The summed E-state index contributed by atoms with van der Waals surface area (Å²) < 4.78 is 5.61. The fourth-order valence-corrected chi connectivity index (χ4v) is 3.28. The Hall–Kier alpha value is -3.91. The summed E-state index contributed by atoms with van der Waals surface area (Å²) in [5.41, 5.74) is 1.28. The zero-order chi connectivity index (χ0) is 24.0. The molecule has 0 aromatic heterocycles. The number of anilines is 1. The van der Waals surface area contributed by atoms with Crippen LogP contribution in [0.5, 0.6) is 5.75 Å². The standard InChI is InChI=1S/C24H22ClN3O5/c1-15(2)33-18-10-7-16(8-11-18)14-26-23(29)20-5-3-4-6-22(20)27-24(30)19-12-9-17(28(31)32)13-21(19)25/h3-13,15H,14H2,1-2H3,(H,26,29)(H,27,30). The van der Waals surface area contributed by atoms with Crippen LogP contribution in [0.2, 0.25) is 5.02 Å². The number of nitrogens with one attached hydrogen (secondary N) is 2. The summed E-state index contributed by atoms with van der Waals surface area (Å²) in [7, 11) is 0. The van der Waals surface area contributed by atoms with Gasteiger partial charge in [-0.05, 0) is 49.7 Å². The number of carbonyl (C=O) groups is 2. The van der Waals surface area contributed by atoms with Crippen molar-refractivity contribution in [2.75, 3.05) is 5.32 Å². The van der Waals surface area contributed by atoms with Gasteiger partial charge in [0.25, 0.3) is 17.5 Å². The van der Waals surface area contributed by atoms with E-state index in [1.165, 1.54) is 12.1 Å². The Morgan fingerprint density at radius 1 is 1.00 bits per heavy atom. The maximum absolute atomic E-state index is 12.8. The van der Waals surface area contributed by atoms with Gasteiger partial charge in [-0.15, -0.1) is 0 Å². The zero-order valence-electron chi connectivity index (χ0n) is 18.0. The highest BCUT2D eigenvalue weighted by Crippen LogP contribution is 2.24. The van der Waals surface area contributed by atoms with Crippen LogP contribution in [-0.2, 0) is 6.54 Å². The molecule has 0 saturated carbocycles. The van der Waals surface area contributed by atoms with Crippen LogP contribution in [0.4, 0.5) is 11.4 Å². The zero-order valence-corrected chi connectivity index (χ0v) is 18.8. The number of nitro groups is 1. The van der Waals surface area contributed by atoms with Gasteiger partial charge in [-0.1, -0.05) is 35.9 Å². The number of halogens is 1. The number of rotatable bonds is 8. The van der Waals surface area contributed by atoms with Gasteiger partial charge in [-0.2, -0.15) is 0 Å². The van der Waals surface area contributed by atoms with Crippen LogP contribution >= 0.6 is 11.6 Å². The molecule has 0 atom stereocenters. The molecular weight excluding hydrogens is 446 g/mol. The Kier molecular flexibility index (Phi) is 7.63. The van der Waals surface area contributed by atoms with Gasteiger partial charge in [0.1, 0.15) is 5.75 Å². The lowest BCUT2D eigenvalue weighted by molar-refractivity contribution is -0.384. The van der Waals surface area contributed by atoms with Crippen molar-refractivity contribution >= 4 is 34.8 Å². The molecule has 2 amide bonds. The van der Waals surface area contributed by atoms with Crippen molar-refractivity contribution in [2.24, 2.45) is 0 Å². The molecule has 0 unspecified atom stereocenters. The molecule has 170 valence electrons. The van der Waals surface area contributed by atoms with E-state index < -0.39 is 10.8 Å². The van der Waals surface area contributed by atoms with Gasteiger partial charge in [0.05, 0.1) is 32.9 Å². The number of para-hydroxylation sites is 1. The van der Waals surface area contributed by atoms with E-state index in [4.69, 9.17) is 16.3 Å². The summed E-state index contributed by atoms with van der Waals surface area (Å²) in [5, 5.41) is 16.3. The summed E-state index contributed by atoms with van der Waals surface area (Å²) in [6.07, 6.45) is 0.0724. The lowest BCUT2D eigenvalue weighted by atomic mass is 10.1. The average Bonchev–Trinajstić information content (AvgIpc) is 2.78. The smallest absolute Gasteiger partial charge is 0.270 e. The molecule has 0 saturated heterocycles. The molecule has 9 heteroatoms. The molecular formula is C24H22ClN3O5. The molecule has 0 aliphatic heterocycles. The van der Waals surface area contributed by atoms with Crippen molar-refractivity contribution in [2.45, 2.75) is 26.5 Å². The van der Waals surface area contributed by atoms with Crippen molar-refractivity contribution in [1.29, 1.82) is 0 Å². The van der Waals surface area contributed by atoms with Crippen LogP contribution in [0.1, 0.15) is 40.1 Å². The molecule has 33 heavy (non-hydrogen) atoms. The predicted molar refractivity (Wildman–Crippen MR) is 126 cm³/mol. The first-order valence-electron chi connectivity index (χ1n) is 10.1. The molecule has 0 aliphatic carbocycles. The van der Waals surface area contributed by atoms with Crippen LogP contribution < -0.4 is 15.4 Å². The van der Waals surface area contributed by atoms with Crippen molar-refractivity contribution in [3.63, 3.8) is 0 Å². The molecule has 8 nitrogen and oxygen atoms in total. The minimum atomic E-state index is -0.599. The molecule has 2 N–H and O–H groups in total. The third kappa shape index (κ3) is 6.30. The largest absolute Gasteiger partial charge is 0.491 e. The molecule has 0 radical (unpaired) electrons. The van der Waals surface area contributed by atoms with Crippen LogP contribution in [0, 0.1) is 10.1 Å². The third-order valence-corrected chi connectivity index (χ3v) is 4.89. The van der Waals surface area contributed by atoms with E-state index in [9.17, 15) is 19.7 Å². The number of amides is 2. The summed E-state index contributed by atoms with van der Waals surface area (Å²) in [4.78, 5) is 35.7. The lowest BCUT2D eigenvalue weighted by Gasteiger charge is -2.13. The summed E-state index contributed by atoms with van der Waals surface area (Å²) in [6, 6.07) is 17.5. The minimum absolute atomic E-state index is 0.0567. The number of benzene rings is 3. The highest BCUT2D eigenvalue weighted by Gasteiger charge is 2.18. The van der Waals surface area contributed by atoms with Gasteiger partial charge in [-0.3, -0.25) is 19.7 Å². The fourth-order valence-electron chi connectivity index (χ4n) is 3.02. The Labute approximate surface area is 195 Å². The fraction of sp³-hybridized carbons (Fsp3) is 0.167. The van der Waals surface area contributed by atoms with Crippen molar-refractivity contribution < 1.29 is 19.2 Å². The maximum Gasteiger partial charge on any atom is 0.270 e. The summed E-state index contributed by atoms with van der Waals surface area (Å²) in [5.74, 6) is -0.211. The lowest BCUT2D eigenvalue weighted by Crippen LogP contribution is -2.25. The Balaban J connectivity index is 1.69. The second-order valence-electron chi connectivity index (χ2n) is 7.41. The van der Waals surface area contributed by atoms with E-state index in [-0.39, 0.29) is 46.1 Å². The normalized spacial score (nSPS) is 10.5. The molecule has 3 rings (SSSR count). The van der Waals surface area contributed by atoms with Gasteiger partial charge >= 0.3 is 0 Å². The van der Waals surface area contributed by atoms with Gasteiger partial charge < -0.3 is 15.4 Å². The van der Waals surface area contributed by atoms with Crippen LogP contribution in [0.25, 0.3) is 0 Å². The quantitative estimate of drug-likeness (QED) is 0.348. The molecule has 0 bridgehead atoms. The second-order valence-corrected chi connectivity index (χ2v) is 7.82. The summed E-state index contributed by atoms with van der Waals surface area (Å²) in [6.45, 7) is 4.18. The number of carbonyl (C=O) groups excluding carboxylic acids is 2. The van der Waals surface area contributed by atoms with Crippen LogP contribution in [-0.4, -0.2) is 22.8 Å². The first-order chi connectivity index (χ1) is 15.7. The Morgan fingerprint density at radius 2 is 1.70 bits per heavy atom. The molecule has 3 aromatic carbocycles. The molecule has 0 heterocycles. The number of hydrogen-bond donors (Lipinski definition) is 2. The second kappa shape index (κ2) is 10.6. The Morgan fingerprint density at radius 3 is 2.33 bits per heavy atom. The van der Waals surface area contributed by atoms with E-state index >= 15 is 0 Å². The third-order valence-electron chi connectivity index (χ3n) is 4.58. The van der Waals surface area contributed by atoms with E-state index in [1.54, 1.807) is 24.3 Å². The minimum Gasteiger partial charge on any atom is -0.491 e. The van der Waals surface area contributed by atoms with Gasteiger partial charge in [-0.25, -0.2) is 0 Å². The van der Waals surface area contributed by atoms with Crippen molar-refractivity contribution in [3.05, 3.63) is 98.6 Å². The molecule has 0 aliphatic rings. The van der Waals surface area contributed by atoms with Crippen molar-refractivity contribution in [3.8, 4) is 5.75 Å². The van der Waals surface area contributed by atoms with Gasteiger partial charge in [0.2, 0.25) is 0 Å². The topological polar surface area (TPSA) is 111 Å². The number of ether oxygens (including phenoxy) is 1. The number of nitrogens with zero attached hydrogens (tertiary/aromatic N) is 1. The number of non-ortho nitro benzene ring substituents is 1. The van der Waals surface area contributed by atoms with Crippen LogP contribution in [0.15, 0.2) is 66.7 Å². The van der Waals surface area contributed by atoms with E-state index in [1.807, 2.05) is 38.1 Å². The van der Waals surface area contributed by atoms with Crippen LogP contribution in [0.3, 0.4) is 0 Å². The average molecular weight is 468 g/mol. The van der Waals surface area contributed by atoms with Crippen molar-refractivity contribution in [1.82, 2.24) is 5.32 Å². The highest BCUT2D eigenvalue weighted by molar-refractivity contribution is 6.34. The first-order valence-corrected chi connectivity index (χ1v) is 10.5. The molecule has 0 fully saturated rings. The van der Waals surface area contributed by atoms with E-state index in [0.717, 1.165) is 17.4 Å². The molecule has 3 aromatic rings. The number of hydrogen-bond acceptors (Lipinski definition) is 5. The van der Waals surface area contributed by atoms with Gasteiger partial charge in [0.15, 0.2) is 0 Å².